The number of hydrogen-bond acceptors (Lipinski definition) is 1. The Hall–Kier alpha value is 0.0249. The minimum absolute atomic E-state index is 0.750. The predicted octanol–water partition coefficient (Wildman–Crippen LogP) is 0.771. The van der Waals surface area contributed by atoms with Crippen molar-refractivity contribution in [3.63, 3.8) is 0 Å². The molecular weight excluding hydrogens is 84.9 g/mol. The summed E-state index contributed by atoms with van der Waals surface area (Å²) in [7, 11) is 10.8. The van der Waals surface area contributed by atoms with Crippen molar-refractivity contribution in [2.45, 2.75) is 13.2 Å². The van der Waals surface area contributed by atoms with Gasteiger partial charge in [-0.3, -0.25) is 0 Å². The van der Waals surface area contributed by atoms with Gasteiger partial charge in [0.05, 0.1) is 7.85 Å². The van der Waals surface area contributed by atoms with Crippen LogP contribution in [0.5, 0.6) is 0 Å². The quantitative estimate of drug-likeness (QED) is 0.405. The van der Waals surface area contributed by atoms with E-state index in [1.165, 1.54) is 0 Å². The molecule has 1 nitrogen and oxygen atoms in total. The lowest BCUT2D eigenvalue weighted by molar-refractivity contribution is 0.505. The Labute approximate surface area is 48.1 Å². The highest BCUT2D eigenvalue weighted by Crippen LogP contribution is 1.49. The van der Waals surface area contributed by atoms with Crippen molar-refractivity contribution in [3.05, 3.63) is 0 Å². The first-order valence-corrected chi connectivity index (χ1v) is 2.46. The van der Waals surface area contributed by atoms with Crippen LogP contribution in [-0.4, -0.2) is 33.9 Å². The maximum absolute atomic E-state index is 4.85. The SMILES string of the molecule is CN(C)C.[B]CC. The maximum Gasteiger partial charge on any atom is 0.0649 e. The van der Waals surface area contributed by atoms with Crippen molar-refractivity contribution < 1.29 is 0 Å². The van der Waals surface area contributed by atoms with Crippen molar-refractivity contribution >= 4 is 7.85 Å². The van der Waals surface area contributed by atoms with Gasteiger partial charge in [-0.2, -0.15) is 0 Å². The number of rotatable bonds is 0. The van der Waals surface area contributed by atoms with Crippen LogP contribution in [-0.2, 0) is 0 Å². The third-order valence-electron chi connectivity index (χ3n) is 0. The van der Waals surface area contributed by atoms with Crippen LogP contribution in [0.4, 0.5) is 0 Å². The molecule has 0 aliphatic rings. The fourth-order valence-corrected chi connectivity index (χ4v) is 0. The Morgan fingerprint density at radius 2 is 1.29 bits per heavy atom. The van der Waals surface area contributed by atoms with Crippen LogP contribution in [0.2, 0.25) is 6.32 Å². The average molecular weight is 99.0 g/mol. The Balaban J connectivity index is 0. The second-order valence-corrected chi connectivity index (χ2v) is 1.75. The molecule has 0 atom stereocenters. The molecule has 0 aromatic heterocycles. The summed E-state index contributed by atoms with van der Waals surface area (Å²) in [6, 6.07) is 0. The van der Waals surface area contributed by atoms with Crippen LogP contribution in [0, 0.1) is 0 Å². The Morgan fingerprint density at radius 3 is 1.29 bits per heavy atom. The van der Waals surface area contributed by atoms with Gasteiger partial charge in [-0.25, -0.2) is 0 Å². The van der Waals surface area contributed by atoms with Crippen LogP contribution in [0.1, 0.15) is 6.92 Å². The highest BCUT2D eigenvalue weighted by atomic mass is 15.0. The van der Waals surface area contributed by atoms with Crippen LogP contribution < -0.4 is 0 Å². The molecule has 0 spiro atoms. The Bertz CT molecular complexity index is 19.3. The lowest BCUT2D eigenvalue weighted by atomic mass is 10.1. The predicted molar refractivity (Wildman–Crippen MR) is 35.8 cm³/mol. The fourth-order valence-electron chi connectivity index (χ4n) is 0. The standard InChI is InChI=1S/C3H9N.C2H5B/c1-4(2)3;1-2-3/h1-3H3;2H2,1H3. The van der Waals surface area contributed by atoms with Crippen molar-refractivity contribution in [1.29, 1.82) is 0 Å². The number of nitrogens with zero attached hydrogens (tertiary/aromatic N) is 1. The molecule has 0 heterocycles. The van der Waals surface area contributed by atoms with E-state index in [-0.39, 0.29) is 0 Å². The lowest BCUT2D eigenvalue weighted by Crippen LogP contribution is -1.99. The first kappa shape index (κ1) is 10.1. The molecule has 0 amide bonds. The zero-order valence-electron chi connectivity index (χ0n) is 5.73. The van der Waals surface area contributed by atoms with E-state index in [9.17, 15) is 0 Å². The molecule has 2 heteroatoms. The molecule has 0 bridgehead atoms. The molecule has 0 rings (SSSR count). The minimum atomic E-state index is 0.750. The van der Waals surface area contributed by atoms with Crippen LogP contribution in [0.3, 0.4) is 0 Å². The maximum atomic E-state index is 4.85. The number of hydrogen-bond donors (Lipinski definition) is 0. The van der Waals surface area contributed by atoms with E-state index in [4.69, 9.17) is 7.85 Å². The van der Waals surface area contributed by atoms with Gasteiger partial charge in [0.2, 0.25) is 0 Å². The molecule has 0 saturated carbocycles. The Kier molecular flexibility index (Phi) is 13.5. The first-order valence-electron chi connectivity index (χ1n) is 2.46. The molecule has 0 aliphatic carbocycles. The van der Waals surface area contributed by atoms with E-state index in [1.54, 1.807) is 0 Å². The van der Waals surface area contributed by atoms with Gasteiger partial charge in [-0.1, -0.05) is 13.2 Å². The Morgan fingerprint density at radius 1 is 1.29 bits per heavy atom. The van der Waals surface area contributed by atoms with Crippen molar-refractivity contribution in [1.82, 2.24) is 4.90 Å². The van der Waals surface area contributed by atoms with Gasteiger partial charge in [-0.15, -0.1) is 0 Å². The van der Waals surface area contributed by atoms with E-state index in [0.29, 0.717) is 0 Å². The monoisotopic (exact) mass is 99.1 g/mol. The van der Waals surface area contributed by atoms with Crippen molar-refractivity contribution in [2.75, 3.05) is 21.1 Å². The highest BCUT2D eigenvalue weighted by Gasteiger charge is 1.58. The second kappa shape index (κ2) is 9.39. The summed E-state index contributed by atoms with van der Waals surface area (Å²) in [4.78, 5) is 2.00. The van der Waals surface area contributed by atoms with Crippen LogP contribution in [0.25, 0.3) is 0 Å². The van der Waals surface area contributed by atoms with Gasteiger partial charge in [-0.05, 0) is 21.1 Å². The van der Waals surface area contributed by atoms with Gasteiger partial charge < -0.3 is 4.90 Å². The molecule has 0 fully saturated rings. The van der Waals surface area contributed by atoms with Gasteiger partial charge in [0.15, 0.2) is 0 Å². The van der Waals surface area contributed by atoms with Crippen molar-refractivity contribution in [2.24, 2.45) is 0 Å². The average Bonchev–Trinajstić information content (AvgIpc) is 1.33. The summed E-state index contributed by atoms with van der Waals surface area (Å²) >= 11 is 0. The molecule has 0 saturated heterocycles. The molecule has 0 N–H and O–H groups in total. The first-order chi connectivity index (χ1) is 3.15. The molecule has 7 heavy (non-hydrogen) atoms. The molecule has 42 valence electrons. The summed E-state index contributed by atoms with van der Waals surface area (Å²) in [5.74, 6) is 0. The summed E-state index contributed by atoms with van der Waals surface area (Å²) in [5, 5.41) is 0. The topological polar surface area (TPSA) is 3.24 Å². The van der Waals surface area contributed by atoms with E-state index in [2.05, 4.69) is 0 Å². The normalized spacial score (nSPS) is 7.57. The van der Waals surface area contributed by atoms with Gasteiger partial charge in [0, 0.05) is 0 Å². The smallest absolute Gasteiger partial charge is 0.0649 e. The molecule has 0 unspecified atom stereocenters. The minimum Gasteiger partial charge on any atom is -0.312 e. The van der Waals surface area contributed by atoms with Gasteiger partial charge in [0.25, 0.3) is 0 Å². The largest absolute Gasteiger partial charge is 0.312 e. The van der Waals surface area contributed by atoms with E-state index >= 15 is 0 Å². The molecule has 0 aromatic rings. The third-order valence-corrected chi connectivity index (χ3v) is 0. The highest BCUT2D eigenvalue weighted by molar-refractivity contribution is 6.08. The second-order valence-electron chi connectivity index (χ2n) is 1.75. The van der Waals surface area contributed by atoms with Crippen LogP contribution in [0.15, 0.2) is 0 Å². The summed E-state index contributed by atoms with van der Waals surface area (Å²) < 4.78 is 0. The zero-order valence-corrected chi connectivity index (χ0v) is 5.73. The third kappa shape index (κ3) is 157000. The fraction of sp³-hybridized carbons (Fsp3) is 1.00. The van der Waals surface area contributed by atoms with Crippen molar-refractivity contribution in [3.8, 4) is 0 Å². The summed E-state index contributed by atoms with van der Waals surface area (Å²) in [6.07, 6.45) is 0.750. The summed E-state index contributed by atoms with van der Waals surface area (Å²) in [5.41, 5.74) is 0. The lowest BCUT2D eigenvalue weighted by Gasteiger charge is -1.90. The van der Waals surface area contributed by atoms with E-state index < -0.39 is 0 Å². The summed E-state index contributed by atoms with van der Waals surface area (Å²) in [6.45, 7) is 1.90. The van der Waals surface area contributed by atoms with E-state index in [0.717, 1.165) is 6.32 Å². The van der Waals surface area contributed by atoms with Gasteiger partial charge >= 0.3 is 0 Å². The van der Waals surface area contributed by atoms with E-state index in [1.807, 2.05) is 33.0 Å². The molecule has 2 radical (unpaired) electrons. The van der Waals surface area contributed by atoms with Gasteiger partial charge in [0.1, 0.15) is 0 Å². The zero-order chi connectivity index (χ0) is 6.28. The molecule has 0 aromatic carbocycles. The molecule has 0 aliphatic heterocycles. The van der Waals surface area contributed by atoms with Crippen LogP contribution >= 0.6 is 0 Å². The molecular formula is C5H14BN.